The summed E-state index contributed by atoms with van der Waals surface area (Å²) in [5.74, 6) is 0.770. The third-order valence-corrected chi connectivity index (χ3v) is 2.21. The molecule has 0 heterocycles. The molecule has 2 atom stereocenters. The summed E-state index contributed by atoms with van der Waals surface area (Å²) in [4.78, 5) is 10.5. The smallest absolute Gasteiger partial charge is 0.203 e. The first-order chi connectivity index (χ1) is 4.22. The predicted octanol–water partition coefficient (Wildman–Crippen LogP) is 0.554. The monoisotopic (exact) mass is 183 g/mol. The summed E-state index contributed by atoms with van der Waals surface area (Å²) in [5, 5.41) is 2.66. The van der Waals surface area contributed by atoms with E-state index in [1.807, 2.05) is 6.26 Å². The van der Waals surface area contributed by atoms with Crippen LogP contribution in [0.4, 0.5) is 0 Å². The summed E-state index contributed by atoms with van der Waals surface area (Å²) < 4.78 is 0. The van der Waals surface area contributed by atoms with Crippen LogP contribution in [-0.4, -0.2) is 23.2 Å². The molecule has 0 rings (SSSR count). The molecule has 0 amide bonds. The van der Waals surface area contributed by atoms with Gasteiger partial charge in [-0.3, -0.25) is 9.88 Å². The van der Waals surface area contributed by atoms with Crippen LogP contribution in [0.2, 0.25) is 0 Å². The van der Waals surface area contributed by atoms with Crippen molar-refractivity contribution in [1.82, 2.24) is 5.09 Å². The van der Waals surface area contributed by atoms with Crippen molar-refractivity contribution < 1.29 is 4.79 Å². The van der Waals surface area contributed by atoms with Crippen molar-refractivity contribution in [2.75, 3.05) is 12.0 Å². The van der Waals surface area contributed by atoms with Gasteiger partial charge >= 0.3 is 0 Å². The zero-order chi connectivity index (χ0) is 7.28. The maximum absolute atomic E-state index is 10.5. The summed E-state index contributed by atoms with van der Waals surface area (Å²) in [6.07, 6.45) is 1.95. The molecule has 2 nitrogen and oxygen atoms in total. The van der Waals surface area contributed by atoms with Crippen LogP contribution in [-0.2, 0) is 4.79 Å². The maximum atomic E-state index is 10.5. The van der Waals surface area contributed by atoms with Crippen LogP contribution >= 0.6 is 33.8 Å². The standard InChI is InChI=1S/C4H10NOPS2/c1-9-2-3(5-7)4(6)8/h3,5H,2,7H2,1H3,(H,6,8). The molecule has 0 aromatic carbocycles. The van der Waals surface area contributed by atoms with Crippen molar-refractivity contribution in [3.05, 3.63) is 0 Å². The first-order valence-electron chi connectivity index (χ1n) is 2.40. The van der Waals surface area contributed by atoms with Crippen molar-refractivity contribution in [1.29, 1.82) is 0 Å². The minimum atomic E-state index is -0.131. The summed E-state index contributed by atoms with van der Waals surface area (Å²) in [7, 11) is 2.30. The average molecular weight is 183 g/mol. The highest BCUT2D eigenvalue weighted by Crippen LogP contribution is 2.01. The average Bonchev–Trinajstić information content (AvgIpc) is 1.82. The molecule has 0 spiro atoms. The second-order valence-electron chi connectivity index (χ2n) is 1.51. The molecule has 0 aliphatic heterocycles. The van der Waals surface area contributed by atoms with Gasteiger partial charge in [-0.1, -0.05) is 9.39 Å². The Bertz CT molecular complexity index is 101. The van der Waals surface area contributed by atoms with E-state index in [2.05, 4.69) is 27.1 Å². The Kier molecular flexibility index (Phi) is 6.01. The molecule has 5 heteroatoms. The highest BCUT2D eigenvalue weighted by molar-refractivity contribution is 7.99. The van der Waals surface area contributed by atoms with Crippen LogP contribution in [0.25, 0.3) is 0 Å². The molecule has 0 aliphatic rings. The van der Waals surface area contributed by atoms with E-state index in [9.17, 15) is 4.79 Å². The topological polar surface area (TPSA) is 29.1 Å². The molecule has 0 bridgehead atoms. The Labute approximate surface area is 67.2 Å². The first kappa shape index (κ1) is 9.76. The number of rotatable bonds is 4. The van der Waals surface area contributed by atoms with E-state index in [4.69, 9.17) is 0 Å². The summed E-state index contributed by atoms with van der Waals surface area (Å²) >= 11 is 5.30. The Hall–Kier alpha value is 0.760. The summed E-state index contributed by atoms with van der Waals surface area (Å²) in [6, 6.07) is -0.131. The molecular weight excluding hydrogens is 173 g/mol. The minimum Gasteiger partial charge on any atom is -0.289 e. The Morgan fingerprint density at radius 3 is 2.67 bits per heavy atom. The number of hydrogen-bond donors (Lipinski definition) is 2. The highest BCUT2D eigenvalue weighted by Gasteiger charge is 2.09. The van der Waals surface area contributed by atoms with E-state index < -0.39 is 0 Å². The minimum absolute atomic E-state index is 0.112. The van der Waals surface area contributed by atoms with E-state index >= 15 is 0 Å². The number of nitrogens with one attached hydrogen (secondary N) is 1. The molecule has 2 unspecified atom stereocenters. The third-order valence-electron chi connectivity index (χ3n) is 0.833. The predicted molar refractivity (Wildman–Crippen MR) is 49.0 cm³/mol. The Morgan fingerprint density at radius 1 is 2.00 bits per heavy atom. The van der Waals surface area contributed by atoms with Gasteiger partial charge in [-0.25, -0.2) is 0 Å². The van der Waals surface area contributed by atoms with Gasteiger partial charge in [0.1, 0.15) is 0 Å². The Balaban J connectivity index is 3.54. The second-order valence-corrected chi connectivity index (χ2v) is 3.20. The van der Waals surface area contributed by atoms with Gasteiger partial charge in [0.2, 0.25) is 5.12 Å². The van der Waals surface area contributed by atoms with E-state index in [-0.39, 0.29) is 11.2 Å². The van der Waals surface area contributed by atoms with Gasteiger partial charge in [0.15, 0.2) is 0 Å². The van der Waals surface area contributed by atoms with Gasteiger partial charge in [-0.15, -0.1) is 12.6 Å². The van der Waals surface area contributed by atoms with Crippen molar-refractivity contribution in [3.63, 3.8) is 0 Å². The van der Waals surface area contributed by atoms with Crippen LogP contribution in [0.15, 0.2) is 0 Å². The van der Waals surface area contributed by atoms with Crippen LogP contribution < -0.4 is 5.09 Å². The molecule has 0 aromatic heterocycles. The Morgan fingerprint density at radius 2 is 2.56 bits per heavy atom. The molecule has 0 radical (unpaired) electrons. The largest absolute Gasteiger partial charge is 0.289 e. The number of carbonyl (C=O) groups is 1. The number of thiol groups is 1. The van der Waals surface area contributed by atoms with Crippen LogP contribution in [0, 0.1) is 0 Å². The molecule has 0 fully saturated rings. The van der Waals surface area contributed by atoms with Gasteiger partial charge in [-0.05, 0) is 6.26 Å². The summed E-state index contributed by atoms with van der Waals surface area (Å²) in [6.45, 7) is 0. The highest BCUT2D eigenvalue weighted by atomic mass is 32.2. The molecule has 54 valence electrons. The summed E-state index contributed by atoms with van der Waals surface area (Å²) in [5.41, 5.74) is 0. The lowest BCUT2D eigenvalue weighted by Crippen LogP contribution is -2.29. The SMILES string of the molecule is CSCC(NP)C(=O)S. The van der Waals surface area contributed by atoms with Gasteiger partial charge in [0.25, 0.3) is 0 Å². The number of hydrogen-bond acceptors (Lipinski definition) is 3. The molecule has 0 aliphatic carbocycles. The number of carbonyl (C=O) groups excluding carboxylic acids is 1. The fourth-order valence-electron chi connectivity index (χ4n) is 0.357. The van der Waals surface area contributed by atoms with Gasteiger partial charge in [0, 0.05) is 5.75 Å². The molecule has 1 N–H and O–H groups in total. The maximum Gasteiger partial charge on any atom is 0.203 e. The fourth-order valence-corrected chi connectivity index (χ4v) is 1.81. The van der Waals surface area contributed by atoms with Gasteiger partial charge in [-0.2, -0.15) is 11.8 Å². The molecule has 9 heavy (non-hydrogen) atoms. The van der Waals surface area contributed by atoms with E-state index in [1.165, 1.54) is 0 Å². The first-order valence-corrected chi connectivity index (χ1v) is 4.82. The molecule has 0 saturated carbocycles. The van der Waals surface area contributed by atoms with E-state index in [0.717, 1.165) is 5.75 Å². The molecular formula is C4H10NOPS2. The van der Waals surface area contributed by atoms with Gasteiger partial charge in [0.05, 0.1) is 6.04 Å². The van der Waals surface area contributed by atoms with Crippen molar-refractivity contribution in [3.8, 4) is 0 Å². The van der Waals surface area contributed by atoms with Crippen LogP contribution in [0.1, 0.15) is 0 Å². The van der Waals surface area contributed by atoms with Gasteiger partial charge < -0.3 is 0 Å². The van der Waals surface area contributed by atoms with Crippen molar-refractivity contribution >= 4 is 38.9 Å². The zero-order valence-corrected chi connectivity index (χ0v) is 7.99. The van der Waals surface area contributed by atoms with Crippen molar-refractivity contribution in [2.24, 2.45) is 0 Å². The lowest BCUT2D eigenvalue weighted by molar-refractivity contribution is -0.111. The van der Waals surface area contributed by atoms with E-state index in [0.29, 0.717) is 0 Å². The quantitative estimate of drug-likeness (QED) is 0.493. The number of thioether (sulfide) groups is 1. The zero-order valence-electron chi connectivity index (χ0n) is 5.13. The fraction of sp³-hybridized carbons (Fsp3) is 0.750. The lowest BCUT2D eigenvalue weighted by atomic mass is 10.4. The van der Waals surface area contributed by atoms with Crippen molar-refractivity contribution in [2.45, 2.75) is 6.04 Å². The van der Waals surface area contributed by atoms with Crippen LogP contribution in [0.5, 0.6) is 0 Å². The molecule has 0 aromatic rings. The third kappa shape index (κ3) is 4.20. The lowest BCUT2D eigenvalue weighted by Gasteiger charge is -2.07. The molecule has 0 saturated heterocycles. The normalized spacial score (nSPS) is 13.2. The van der Waals surface area contributed by atoms with E-state index in [1.54, 1.807) is 11.8 Å². The second kappa shape index (κ2) is 5.54. The van der Waals surface area contributed by atoms with Crippen LogP contribution in [0.3, 0.4) is 0 Å².